The van der Waals surface area contributed by atoms with Crippen molar-refractivity contribution in [2.75, 3.05) is 38.7 Å². The van der Waals surface area contributed by atoms with E-state index in [1.807, 2.05) is 12.1 Å². The zero-order valence-corrected chi connectivity index (χ0v) is 19.5. The second kappa shape index (κ2) is 9.19. The van der Waals surface area contributed by atoms with Crippen molar-refractivity contribution in [3.63, 3.8) is 0 Å². The first-order chi connectivity index (χ1) is 16.8. The molecule has 0 atom stereocenters. The van der Waals surface area contributed by atoms with Gasteiger partial charge in [-0.1, -0.05) is 6.07 Å². The van der Waals surface area contributed by atoms with Crippen molar-refractivity contribution >= 4 is 27.8 Å². The molecular formula is C26H30N6O2. The third-order valence-corrected chi connectivity index (χ3v) is 7.27. The minimum Gasteiger partial charge on any atom is -0.481 e. The first-order valence-electron chi connectivity index (χ1n) is 12.1. The highest BCUT2D eigenvalue weighted by molar-refractivity contribution is 6.12. The van der Waals surface area contributed by atoms with Crippen LogP contribution >= 0.6 is 0 Å². The van der Waals surface area contributed by atoms with Crippen LogP contribution in [0.5, 0.6) is 5.88 Å². The number of aromatic amines is 1. The molecule has 4 aromatic rings. The standard InChI is InChI=1S/C26H30N6O2/c1-33-23-15-18(8-9-27-23)17-2-7-22-21(14-17)24-25(28-16-29-26(24)31-22)30-19-3-5-20(6-4-19)32-10-12-34-13-11-32/h2,7-9,14-16,19-20H,3-6,10-13H2,1H3,(H2,28,29,30,31)/t19-,20-. The number of methoxy groups -OCH3 is 1. The fourth-order valence-electron chi connectivity index (χ4n) is 5.43. The number of hydrogen-bond acceptors (Lipinski definition) is 7. The third-order valence-electron chi connectivity index (χ3n) is 7.27. The first-order valence-corrected chi connectivity index (χ1v) is 12.1. The summed E-state index contributed by atoms with van der Waals surface area (Å²) in [6, 6.07) is 11.5. The predicted molar refractivity (Wildman–Crippen MR) is 133 cm³/mol. The van der Waals surface area contributed by atoms with E-state index >= 15 is 0 Å². The Morgan fingerprint density at radius 3 is 2.65 bits per heavy atom. The maximum atomic E-state index is 5.53. The lowest BCUT2D eigenvalue weighted by Crippen LogP contribution is -2.46. The number of anilines is 1. The molecular weight excluding hydrogens is 428 g/mol. The molecule has 0 bridgehead atoms. The van der Waals surface area contributed by atoms with E-state index in [4.69, 9.17) is 9.47 Å². The van der Waals surface area contributed by atoms with Crippen LogP contribution in [-0.4, -0.2) is 70.3 Å². The molecule has 1 saturated heterocycles. The highest BCUT2D eigenvalue weighted by atomic mass is 16.5. The first kappa shape index (κ1) is 21.3. The molecule has 2 fully saturated rings. The van der Waals surface area contributed by atoms with Crippen molar-refractivity contribution in [2.45, 2.75) is 37.8 Å². The number of pyridine rings is 1. The highest BCUT2D eigenvalue weighted by Crippen LogP contribution is 2.34. The topological polar surface area (TPSA) is 88.2 Å². The van der Waals surface area contributed by atoms with E-state index in [1.165, 1.54) is 12.8 Å². The van der Waals surface area contributed by atoms with Crippen LogP contribution in [0.4, 0.5) is 5.82 Å². The predicted octanol–water partition coefficient (Wildman–Crippen LogP) is 4.24. The Labute approximate surface area is 198 Å². The molecule has 176 valence electrons. The normalized spacial score (nSPS) is 21.7. The van der Waals surface area contributed by atoms with Crippen LogP contribution in [0.3, 0.4) is 0 Å². The monoisotopic (exact) mass is 458 g/mol. The molecule has 6 rings (SSSR count). The number of nitrogens with one attached hydrogen (secondary N) is 2. The molecule has 2 aliphatic rings. The Balaban J connectivity index is 1.27. The van der Waals surface area contributed by atoms with E-state index in [0.717, 1.165) is 78.0 Å². The van der Waals surface area contributed by atoms with Gasteiger partial charge in [-0.3, -0.25) is 4.90 Å². The van der Waals surface area contributed by atoms with Crippen LogP contribution in [0, 0.1) is 0 Å². The number of hydrogen-bond donors (Lipinski definition) is 2. The maximum Gasteiger partial charge on any atom is 0.213 e. The molecule has 4 heterocycles. The molecule has 1 aromatic carbocycles. The average Bonchev–Trinajstić information content (AvgIpc) is 3.28. The van der Waals surface area contributed by atoms with Gasteiger partial charge in [0.15, 0.2) is 0 Å². The van der Waals surface area contributed by atoms with Crippen molar-refractivity contribution in [1.29, 1.82) is 0 Å². The van der Waals surface area contributed by atoms with Crippen LogP contribution < -0.4 is 10.1 Å². The van der Waals surface area contributed by atoms with E-state index < -0.39 is 0 Å². The van der Waals surface area contributed by atoms with Crippen molar-refractivity contribution in [1.82, 2.24) is 24.8 Å². The highest BCUT2D eigenvalue weighted by Gasteiger charge is 2.27. The summed E-state index contributed by atoms with van der Waals surface area (Å²) < 4.78 is 10.8. The summed E-state index contributed by atoms with van der Waals surface area (Å²) in [7, 11) is 1.64. The number of ether oxygens (including phenoxy) is 2. The van der Waals surface area contributed by atoms with Gasteiger partial charge in [0.2, 0.25) is 5.88 Å². The summed E-state index contributed by atoms with van der Waals surface area (Å²) in [5, 5.41) is 5.93. The molecule has 1 aliphatic carbocycles. The van der Waals surface area contributed by atoms with E-state index in [0.29, 0.717) is 18.0 Å². The molecule has 0 unspecified atom stereocenters. The number of aromatic nitrogens is 4. The minimum atomic E-state index is 0.424. The molecule has 0 radical (unpaired) electrons. The van der Waals surface area contributed by atoms with E-state index in [-0.39, 0.29) is 0 Å². The molecule has 34 heavy (non-hydrogen) atoms. The van der Waals surface area contributed by atoms with E-state index in [1.54, 1.807) is 19.6 Å². The van der Waals surface area contributed by atoms with Crippen LogP contribution in [0.2, 0.25) is 0 Å². The fraction of sp³-hybridized carbons (Fsp3) is 0.423. The molecule has 3 aromatic heterocycles. The Morgan fingerprint density at radius 2 is 1.82 bits per heavy atom. The molecule has 8 nitrogen and oxygen atoms in total. The molecule has 0 amide bonds. The van der Waals surface area contributed by atoms with Crippen molar-refractivity contribution < 1.29 is 9.47 Å². The fourth-order valence-corrected chi connectivity index (χ4v) is 5.43. The Hall–Kier alpha value is -3.23. The summed E-state index contributed by atoms with van der Waals surface area (Å²) in [5.41, 5.74) is 4.09. The largest absolute Gasteiger partial charge is 0.481 e. The van der Waals surface area contributed by atoms with Gasteiger partial charge >= 0.3 is 0 Å². The van der Waals surface area contributed by atoms with Gasteiger partial charge in [0.25, 0.3) is 0 Å². The molecule has 2 N–H and O–H groups in total. The summed E-state index contributed by atoms with van der Waals surface area (Å²) in [5.74, 6) is 1.52. The van der Waals surface area contributed by atoms with E-state index in [9.17, 15) is 0 Å². The SMILES string of the molecule is COc1cc(-c2ccc3[nH]c4ncnc(N[C@H]5CC[C@H](N6CCOCC6)CC5)c4c3c2)ccn1. The number of nitrogens with zero attached hydrogens (tertiary/aromatic N) is 4. The van der Waals surface area contributed by atoms with Crippen molar-refractivity contribution in [3.05, 3.63) is 42.9 Å². The van der Waals surface area contributed by atoms with Gasteiger partial charge in [-0.25, -0.2) is 15.0 Å². The van der Waals surface area contributed by atoms with Crippen LogP contribution in [0.25, 0.3) is 33.1 Å². The quantitative estimate of drug-likeness (QED) is 0.462. The Kier molecular flexibility index (Phi) is 5.76. The smallest absolute Gasteiger partial charge is 0.213 e. The van der Waals surface area contributed by atoms with Crippen LogP contribution in [0.1, 0.15) is 25.7 Å². The number of benzene rings is 1. The van der Waals surface area contributed by atoms with Crippen LogP contribution in [0.15, 0.2) is 42.9 Å². The minimum absolute atomic E-state index is 0.424. The lowest BCUT2D eigenvalue weighted by Gasteiger charge is -2.39. The molecule has 1 aliphatic heterocycles. The molecule has 1 saturated carbocycles. The lowest BCUT2D eigenvalue weighted by molar-refractivity contribution is 0.00791. The lowest BCUT2D eigenvalue weighted by atomic mass is 9.90. The maximum absolute atomic E-state index is 5.53. The second-order valence-corrected chi connectivity index (χ2v) is 9.22. The van der Waals surface area contributed by atoms with Gasteiger partial charge in [0, 0.05) is 48.3 Å². The number of H-pyrrole nitrogens is 1. The van der Waals surface area contributed by atoms with Gasteiger partial charge in [0.05, 0.1) is 25.7 Å². The van der Waals surface area contributed by atoms with Gasteiger partial charge < -0.3 is 19.8 Å². The van der Waals surface area contributed by atoms with Crippen molar-refractivity contribution in [3.8, 4) is 17.0 Å². The molecule has 0 spiro atoms. The van der Waals surface area contributed by atoms with Gasteiger partial charge in [-0.05, 0) is 55.0 Å². The number of fused-ring (bicyclic) bond motifs is 3. The second-order valence-electron chi connectivity index (χ2n) is 9.22. The number of rotatable bonds is 5. The summed E-state index contributed by atoms with van der Waals surface area (Å²) in [4.78, 5) is 19.5. The van der Waals surface area contributed by atoms with Gasteiger partial charge in [-0.15, -0.1) is 0 Å². The Bertz CT molecular complexity index is 1290. The molecule has 8 heteroatoms. The van der Waals surface area contributed by atoms with E-state index in [2.05, 4.69) is 48.4 Å². The zero-order valence-electron chi connectivity index (χ0n) is 19.5. The van der Waals surface area contributed by atoms with Gasteiger partial charge in [-0.2, -0.15) is 0 Å². The van der Waals surface area contributed by atoms with Crippen LogP contribution in [-0.2, 0) is 4.74 Å². The zero-order chi connectivity index (χ0) is 22.9. The number of morpholine rings is 1. The van der Waals surface area contributed by atoms with Crippen molar-refractivity contribution in [2.24, 2.45) is 0 Å². The summed E-state index contributed by atoms with van der Waals surface area (Å²) in [6.45, 7) is 3.87. The Morgan fingerprint density at radius 1 is 1.00 bits per heavy atom. The average molecular weight is 459 g/mol. The summed E-state index contributed by atoms with van der Waals surface area (Å²) >= 11 is 0. The van der Waals surface area contributed by atoms with Gasteiger partial charge in [0.1, 0.15) is 17.8 Å². The summed E-state index contributed by atoms with van der Waals surface area (Å²) in [6.07, 6.45) is 8.16. The third kappa shape index (κ3) is 4.08.